The molecule has 2 unspecified atom stereocenters. The molecule has 0 aliphatic carbocycles. The normalized spacial score (nSPS) is 26.5. The van der Waals surface area contributed by atoms with E-state index in [4.69, 9.17) is 5.73 Å². The molecule has 0 spiro atoms. The summed E-state index contributed by atoms with van der Waals surface area (Å²) in [6, 6.07) is 7.14. The summed E-state index contributed by atoms with van der Waals surface area (Å²) in [6.45, 7) is 0. The Kier molecular flexibility index (Phi) is 3.65. The van der Waals surface area contributed by atoms with Gasteiger partial charge < -0.3 is 5.73 Å². The van der Waals surface area contributed by atoms with Gasteiger partial charge in [0.1, 0.15) is 5.82 Å². The number of hydrogen-bond donors (Lipinski definition) is 1. The summed E-state index contributed by atoms with van der Waals surface area (Å²) in [5.41, 5.74) is 7.13. The minimum Gasteiger partial charge on any atom is -0.327 e. The summed E-state index contributed by atoms with van der Waals surface area (Å²) >= 11 is 1.96. The van der Waals surface area contributed by atoms with E-state index in [0.717, 1.165) is 24.2 Å². The van der Waals surface area contributed by atoms with Crippen LogP contribution in [0.2, 0.25) is 0 Å². The summed E-state index contributed by atoms with van der Waals surface area (Å²) < 4.78 is 13.0. The molecule has 1 aliphatic heterocycles. The Morgan fingerprint density at radius 3 is 3.07 bits per heavy atom. The van der Waals surface area contributed by atoms with E-state index in [1.807, 2.05) is 17.8 Å². The number of thioether (sulfide) groups is 1. The molecule has 82 valence electrons. The summed E-state index contributed by atoms with van der Waals surface area (Å²) in [4.78, 5) is 0. The number of benzene rings is 1. The second kappa shape index (κ2) is 4.99. The van der Waals surface area contributed by atoms with Gasteiger partial charge in [-0.25, -0.2) is 4.39 Å². The average Bonchev–Trinajstić information content (AvgIpc) is 2.22. The van der Waals surface area contributed by atoms with Gasteiger partial charge in [-0.15, -0.1) is 0 Å². The molecule has 0 amide bonds. The first-order valence-corrected chi connectivity index (χ1v) is 6.49. The second-order valence-corrected chi connectivity index (χ2v) is 5.27. The van der Waals surface area contributed by atoms with Gasteiger partial charge in [-0.3, -0.25) is 0 Å². The molecule has 2 rings (SSSR count). The lowest BCUT2D eigenvalue weighted by molar-refractivity contribution is 0.440. The van der Waals surface area contributed by atoms with Crippen LogP contribution in [0.25, 0.3) is 0 Å². The molecule has 1 saturated heterocycles. The van der Waals surface area contributed by atoms with Gasteiger partial charge in [0.2, 0.25) is 0 Å². The van der Waals surface area contributed by atoms with Crippen molar-refractivity contribution in [1.82, 2.24) is 0 Å². The van der Waals surface area contributed by atoms with Crippen LogP contribution in [0.1, 0.15) is 12.0 Å². The van der Waals surface area contributed by atoms with E-state index in [2.05, 4.69) is 0 Å². The van der Waals surface area contributed by atoms with Crippen LogP contribution < -0.4 is 5.73 Å². The second-order valence-electron chi connectivity index (χ2n) is 4.12. The molecule has 2 N–H and O–H groups in total. The molecule has 1 aromatic carbocycles. The first-order valence-electron chi connectivity index (χ1n) is 5.33. The topological polar surface area (TPSA) is 26.0 Å². The summed E-state index contributed by atoms with van der Waals surface area (Å²) in [5, 5.41) is 0. The molecule has 15 heavy (non-hydrogen) atoms. The van der Waals surface area contributed by atoms with Gasteiger partial charge in [0.05, 0.1) is 0 Å². The molecular weight excluding hydrogens is 209 g/mol. The van der Waals surface area contributed by atoms with E-state index in [-0.39, 0.29) is 11.9 Å². The predicted molar refractivity (Wildman–Crippen MR) is 63.5 cm³/mol. The van der Waals surface area contributed by atoms with E-state index in [0.29, 0.717) is 5.92 Å². The zero-order chi connectivity index (χ0) is 10.7. The molecule has 3 heteroatoms. The van der Waals surface area contributed by atoms with Crippen molar-refractivity contribution in [3.8, 4) is 0 Å². The minimum absolute atomic E-state index is 0.149. The van der Waals surface area contributed by atoms with Crippen LogP contribution in [-0.2, 0) is 6.42 Å². The van der Waals surface area contributed by atoms with Crippen LogP contribution in [0.3, 0.4) is 0 Å². The number of halogens is 1. The molecule has 0 saturated carbocycles. The molecule has 0 radical (unpaired) electrons. The molecule has 2 atom stereocenters. The quantitative estimate of drug-likeness (QED) is 0.836. The van der Waals surface area contributed by atoms with Crippen molar-refractivity contribution in [2.75, 3.05) is 11.5 Å². The average molecular weight is 225 g/mol. The highest BCUT2D eigenvalue weighted by molar-refractivity contribution is 7.99. The number of hydrogen-bond acceptors (Lipinski definition) is 2. The fourth-order valence-electron chi connectivity index (χ4n) is 1.99. The van der Waals surface area contributed by atoms with Crippen LogP contribution in [0.5, 0.6) is 0 Å². The van der Waals surface area contributed by atoms with E-state index < -0.39 is 0 Å². The molecule has 0 bridgehead atoms. The lowest BCUT2D eigenvalue weighted by Crippen LogP contribution is -2.36. The third-order valence-corrected chi connectivity index (χ3v) is 4.11. The van der Waals surface area contributed by atoms with Crippen molar-refractivity contribution in [3.63, 3.8) is 0 Å². The standard InChI is InChI=1S/C12H16FNS/c13-11-3-1-2-9(7-11)6-10-8-15-5-4-12(10)14/h1-3,7,10,12H,4-6,8,14H2. The largest absolute Gasteiger partial charge is 0.327 e. The van der Waals surface area contributed by atoms with Gasteiger partial charge in [0.25, 0.3) is 0 Å². The van der Waals surface area contributed by atoms with Crippen molar-refractivity contribution < 1.29 is 4.39 Å². The summed E-state index contributed by atoms with van der Waals surface area (Å²) in [6.07, 6.45) is 2.00. The van der Waals surface area contributed by atoms with E-state index in [1.54, 1.807) is 12.1 Å². The maximum atomic E-state index is 13.0. The molecule has 1 heterocycles. The maximum absolute atomic E-state index is 13.0. The van der Waals surface area contributed by atoms with Gasteiger partial charge in [0.15, 0.2) is 0 Å². The van der Waals surface area contributed by atoms with Gasteiger partial charge in [-0.2, -0.15) is 11.8 Å². The minimum atomic E-state index is -0.149. The van der Waals surface area contributed by atoms with Gasteiger partial charge in [-0.1, -0.05) is 12.1 Å². The fraction of sp³-hybridized carbons (Fsp3) is 0.500. The van der Waals surface area contributed by atoms with Crippen LogP contribution in [-0.4, -0.2) is 17.5 Å². The smallest absolute Gasteiger partial charge is 0.123 e. The van der Waals surface area contributed by atoms with Crippen molar-refractivity contribution in [3.05, 3.63) is 35.6 Å². The van der Waals surface area contributed by atoms with Gasteiger partial charge in [0, 0.05) is 6.04 Å². The zero-order valence-electron chi connectivity index (χ0n) is 8.66. The molecule has 1 aromatic rings. The first-order chi connectivity index (χ1) is 7.25. The Morgan fingerprint density at radius 1 is 1.47 bits per heavy atom. The highest BCUT2D eigenvalue weighted by Gasteiger charge is 2.22. The van der Waals surface area contributed by atoms with E-state index in [9.17, 15) is 4.39 Å². The van der Waals surface area contributed by atoms with Crippen molar-refractivity contribution in [1.29, 1.82) is 0 Å². The predicted octanol–water partition coefficient (Wildman–Crippen LogP) is 2.45. The molecular formula is C12H16FNS. The zero-order valence-corrected chi connectivity index (χ0v) is 9.47. The Morgan fingerprint density at radius 2 is 2.33 bits per heavy atom. The van der Waals surface area contributed by atoms with Crippen molar-refractivity contribution in [2.45, 2.75) is 18.9 Å². The highest BCUT2D eigenvalue weighted by atomic mass is 32.2. The van der Waals surface area contributed by atoms with Crippen LogP contribution in [0, 0.1) is 11.7 Å². The van der Waals surface area contributed by atoms with Gasteiger partial charge in [-0.05, 0) is 48.0 Å². The van der Waals surface area contributed by atoms with E-state index >= 15 is 0 Å². The summed E-state index contributed by atoms with van der Waals surface area (Å²) in [7, 11) is 0. The first kappa shape index (κ1) is 11.0. The number of nitrogens with two attached hydrogens (primary N) is 1. The molecule has 1 nitrogen and oxygen atoms in total. The van der Waals surface area contributed by atoms with Crippen LogP contribution in [0.4, 0.5) is 4.39 Å². The molecule has 1 aliphatic rings. The highest BCUT2D eigenvalue weighted by Crippen LogP contribution is 2.25. The van der Waals surface area contributed by atoms with Gasteiger partial charge >= 0.3 is 0 Å². The van der Waals surface area contributed by atoms with E-state index in [1.165, 1.54) is 11.8 Å². The SMILES string of the molecule is NC1CCSCC1Cc1cccc(F)c1. The monoisotopic (exact) mass is 225 g/mol. The Hall–Kier alpha value is -0.540. The third kappa shape index (κ3) is 2.95. The van der Waals surface area contributed by atoms with Crippen LogP contribution >= 0.6 is 11.8 Å². The Balaban J connectivity index is 2.01. The Bertz CT molecular complexity index is 329. The van der Waals surface area contributed by atoms with Crippen molar-refractivity contribution >= 4 is 11.8 Å². The maximum Gasteiger partial charge on any atom is 0.123 e. The molecule has 1 fully saturated rings. The summed E-state index contributed by atoms with van der Waals surface area (Å²) in [5.74, 6) is 2.63. The van der Waals surface area contributed by atoms with Crippen LogP contribution in [0.15, 0.2) is 24.3 Å². The number of rotatable bonds is 2. The lowest BCUT2D eigenvalue weighted by Gasteiger charge is -2.28. The van der Waals surface area contributed by atoms with Crippen molar-refractivity contribution in [2.24, 2.45) is 11.7 Å². The third-order valence-electron chi connectivity index (χ3n) is 2.92. The lowest BCUT2D eigenvalue weighted by atomic mass is 9.92. The molecule has 0 aromatic heterocycles. The fourth-order valence-corrected chi connectivity index (χ4v) is 3.26. The Labute approximate surface area is 94.2 Å².